The molecule has 1 aromatic carbocycles. The van der Waals surface area contributed by atoms with Crippen molar-refractivity contribution >= 4 is 5.97 Å². The van der Waals surface area contributed by atoms with Gasteiger partial charge in [-0.3, -0.25) is 4.79 Å². The molecule has 86 valence electrons. The summed E-state index contributed by atoms with van der Waals surface area (Å²) in [6, 6.07) is 9.76. The summed E-state index contributed by atoms with van der Waals surface area (Å²) in [7, 11) is 0. The van der Waals surface area contributed by atoms with Crippen LogP contribution in [0.3, 0.4) is 0 Å². The zero-order valence-electron chi connectivity index (χ0n) is 9.81. The van der Waals surface area contributed by atoms with Crippen molar-refractivity contribution < 1.29 is 9.90 Å². The molecule has 0 aliphatic heterocycles. The lowest BCUT2D eigenvalue weighted by Gasteiger charge is -2.10. The van der Waals surface area contributed by atoms with E-state index in [0.717, 1.165) is 5.56 Å². The molecule has 0 spiro atoms. The van der Waals surface area contributed by atoms with E-state index < -0.39 is 5.97 Å². The third-order valence-electron chi connectivity index (χ3n) is 2.48. The van der Waals surface area contributed by atoms with Crippen LogP contribution in [-0.2, 0) is 11.2 Å². The molecule has 0 saturated carbocycles. The lowest BCUT2D eigenvalue weighted by atomic mass is 9.95. The lowest BCUT2D eigenvalue weighted by Crippen LogP contribution is -2.15. The second kappa shape index (κ2) is 6.11. The average molecular weight is 218 g/mol. The summed E-state index contributed by atoms with van der Waals surface area (Å²) in [4.78, 5) is 11.1. The molecule has 2 heteroatoms. The first-order valence-electron chi connectivity index (χ1n) is 5.49. The summed E-state index contributed by atoms with van der Waals surface area (Å²) in [5.41, 5.74) is 2.25. The van der Waals surface area contributed by atoms with Crippen molar-refractivity contribution in [1.82, 2.24) is 0 Å². The summed E-state index contributed by atoms with van der Waals surface area (Å²) in [5.74, 6) is -1.04. The van der Waals surface area contributed by atoms with Gasteiger partial charge in [-0.25, -0.2) is 0 Å². The Balaban J connectivity index is 2.66. The largest absolute Gasteiger partial charge is 0.481 e. The highest BCUT2D eigenvalue weighted by molar-refractivity contribution is 5.70. The highest BCUT2D eigenvalue weighted by atomic mass is 16.4. The minimum Gasteiger partial charge on any atom is -0.481 e. The summed E-state index contributed by atoms with van der Waals surface area (Å²) >= 11 is 0. The maximum atomic E-state index is 11.1. The predicted molar refractivity (Wildman–Crippen MR) is 65.3 cm³/mol. The molecule has 0 radical (unpaired) electrons. The monoisotopic (exact) mass is 218 g/mol. The number of hydrogen-bond donors (Lipinski definition) is 1. The van der Waals surface area contributed by atoms with Gasteiger partial charge in [0.1, 0.15) is 0 Å². The van der Waals surface area contributed by atoms with Gasteiger partial charge >= 0.3 is 5.97 Å². The van der Waals surface area contributed by atoms with Crippen molar-refractivity contribution in [2.45, 2.75) is 26.7 Å². The van der Waals surface area contributed by atoms with Gasteiger partial charge in [0.25, 0.3) is 0 Å². The Hall–Kier alpha value is -1.57. The number of benzene rings is 1. The normalized spacial score (nSPS) is 11.9. The fourth-order valence-electron chi connectivity index (χ4n) is 1.55. The Labute approximate surface area is 96.6 Å². The van der Waals surface area contributed by atoms with Gasteiger partial charge in [-0.1, -0.05) is 42.0 Å². The number of carboxylic acid groups (broad SMARTS) is 1. The van der Waals surface area contributed by atoms with Crippen molar-refractivity contribution in [2.75, 3.05) is 0 Å². The number of carbonyl (C=O) groups is 1. The zero-order valence-corrected chi connectivity index (χ0v) is 9.81. The molecule has 0 bridgehead atoms. The van der Waals surface area contributed by atoms with Gasteiger partial charge in [-0.05, 0) is 32.3 Å². The summed E-state index contributed by atoms with van der Waals surface area (Å²) in [6.45, 7) is 3.98. The molecule has 0 fully saturated rings. The van der Waals surface area contributed by atoms with Crippen LogP contribution in [0.4, 0.5) is 0 Å². The topological polar surface area (TPSA) is 37.3 Å². The first-order valence-corrected chi connectivity index (χ1v) is 5.49. The Bertz CT molecular complexity index is 362. The van der Waals surface area contributed by atoms with Crippen LogP contribution in [0.15, 0.2) is 42.0 Å². The molecule has 16 heavy (non-hydrogen) atoms. The number of rotatable bonds is 5. The van der Waals surface area contributed by atoms with Crippen LogP contribution < -0.4 is 0 Å². The van der Waals surface area contributed by atoms with Crippen molar-refractivity contribution in [3.63, 3.8) is 0 Å². The summed E-state index contributed by atoms with van der Waals surface area (Å²) in [5, 5.41) is 9.12. The van der Waals surface area contributed by atoms with Crippen LogP contribution in [0.25, 0.3) is 0 Å². The molecular formula is C14H18O2. The molecule has 0 heterocycles. The predicted octanol–water partition coefficient (Wildman–Crippen LogP) is 3.29. The van der Waals surface area contributed by atoms with E-state index in [1.807, 2.05) is 50.3 Å². The van der Waals surface area contributed by atoms with E-state index in [1.165, 1.54) is 5.57 Å². The molecule has 0 aromatic heterocycles. The first kappa shape index (κ1) is 12.5. The minimum absolute atomic E-state index is 0.322. The van der Waals surface area contributed by atoms with Crippen molar-refractivity contribution in [3.05, 3.63) is 47.5 Å². The van der Waals surface area contributed by atoms with Crippen LogP contribution >= 0.6 is 0 Å². The van der Waals surface area contributed by atoms with Gasteiger partial charge < -0.3 is 5.11 Å². The van der Waals surface area contributed by atoms with Gasteiger partial charge in [-0.15, -0.1) is 0 Å². The fraction of sp³-hybridized carbons (Fsp3) is 0.357. The molecule has 1 N–H and O–H groups in total. The number of allylic oxidation sites excluding steroid dienone is 2. The highest BCUT2D eigenvalue weighted by Crippen LogP contribution is 2.14. The molecule has 2 nitrogen and oxygen atoms in total. The Morgan fingerprint density at radius 3 is 2.44 bits per heavy atom. The molecule has 1 aromatic rings. The SMILES string of the molecule is CC(C)=CC[C@@H](Cc1ccccc1)C(=O)O. The van der Waals surface area contributed by atoms with Crippen LogP contribution in [0.5, 0.6) is 0 Å². The maximum absolute atomic E-state index is 11.1. The Kier molecular flexibility index (Phi) is 4.77. The van der Waals surface area contributed by atoms with Crippen molar-refractivity contribution in [2.24, 2.45) is 5.92 Å². The molecule has 0 aliphatic carbocycles. The van der Waals surface area contributed by atoms with Gasteiger partial charge in [0.15, 0.2) is 0 Å². The van der Waals surface area contributed by atoms with E-state index in [9.17, 15) is 4.79 Å². The molecule has 1 rings (SSSR count). The third kappa shape index (κ3) is 4.30. The first-order chi connectivity index (χ1) is 7.59. The molecular weight excluding hydrogens is 200 g/mol. The van der Waals surface area contributed by atoms with Crippen molar-refractivity contribution in [3.8, 4) is 0 Å². The average Bonchev–Trinajstić information content (AvgIpc) is 2.25. The number of aliphatic carboxylic acids is 1. The molecule has 0 saturated heterocycles. The van der Waals surface area contributed by atoms with E-state index in [1.54, 1.807) is 0 Å². The highest BCUT2D eigenvalue weighted by Gasteiger charge is 2.16. The third-order valence-corrected chi connectivity index (χ3v) is 2.48. The van der Waals surface area contributed by atoms with Crippen LogP contribution in [-0.4, -0.2) is 11.1 Å². The van der Waals surface area contributed by atoms with E-state index in [0.29, 0.717) is 12.8 Å². The van der Waals surface area contributed by atoms with Crippen LogP contribution in [0.2, 0.25) is 0 Å². The zero-order chi connectivity index (χ0) is 12.0. The Morgan fingerprint density at radius 1 is 1.31 bits per heavy atom. The number of hydrogen-bond acceptors (Lipinski definition) is 1. The summed E-state index contributed by atoms with van der Waals surface area (Å²) in [6.07, 6.45) is 3.19. The van der Waals surface area contributed by atoms with Gasteiger partial charge in [-0.2, -0.15) is 0 Å². The molecule has 0 unspecified atom stereocenters. The second-order valence-corrected chi connectivity index (χ2v) is 4.24. The maximum Gasteiger partial charge on any atom is 0.307 e. The summed E-state index contributed by atoms with van der Waals surface area (Å²) < 4.78 is 0. The van der Waals surface area contributed by atoms with Crippen LogP contribution in [0.1, 0.15) is 25.8 Å². The van der Waals surface area contributed by atoms with E-state index >= 15 is 0 Å². The van der Waals surface area contributed by atoms with E-state index in [-0.39, 0.29) is 5.92 Å². The van der Waals surface area contributed by atoms with E-state index in [4.69, 9.17) is 5.11 Å². The molecule has 0 amide bonds. The standard InChI is InChI=1S/C14H18O2/c1-11(2)8-9-13(14(15)16)10-12-6-4-3-5-7-12/h3-8,13H,9-10H2,1-2H3,(H,15,16)/t13-/m0/s1. The molecule has 1 atom stereocenters. The van der Waals surface area contributed by atoms with Crippen molar-refractivity contribution in [1.29, 1.82) is 0 Å². The van der Waals surface area contributed by atoms with Gasteiger partial charge in [0, 0.05) is 0 Å². The van der Waals surface area contributed by atoms with Gasteiger partial charge in [0.2, 0.25) is 0 Å². The quantitative estimate of drug-likeness (QED) is 0.770. The van der Waals surface area contributed by atoms with Crippen LogP contribution in [0, 0.1) is 5.92 Å². The van der Waals surface area contributed by atoms with Gasteiger partial charge in [0.05, 0.1) is 5.92 Å². The lowest BCUT2D eigenvalue weighted by molar-refractivity contribution is -0.141. The minimum atomic E-state index is -0.721. The fourth-order valence-corrected chi connectivity index (χ4v) is 1.55. The smallest absolute Gasteiger partial charge is 0.307 e. The Morgan fingerprint density at radius 2 is 1.94 bits per heavy atom. The second-order valence-electron chi connectivity index (χ2n) is 4.24. The molecule has 0 aliphatic rings. The van der Waals surface area contributed by atoms with E-state index in [2.05, 4.69) is 0 Å². The number of carboxylic acids is 1.